The Kier molecular flexibility index (Phi) is 3.49. The van der Waals surface area contributed by atoms with Crippen LogP contribution in [0.5, 0.6) is 5.75 Å². The highest BCUT2D eigenvalue weighted by atomic mass is 32.1. The van der Waals surface area contributed by atoms with Crippen LogP contribution in [0.3, 0.4) is 0 Å². The highest BCUT2D eigenvalue weighted by Gasteiger charge is 2.07. The molecule has 0 saturated carbocycles. The average Bonchev–Trinajstić information content (AvgIpc) is 2.84. The summed E-state index contributed by atoms with van der Waals surface area (Å²) in [4.78, 5) is 0. The van der Waals surface area contributed by atoms with Gasteiger partial charge < -0.3 is 10.2 Å². The molecule has 0 fully saturated rings. The van der Waals surface area contributed by atoms with E-state index in [1.54, 1.807) is 24.3 Å². The molecule has 1 aromatic carbocycles. The molecule has 0 bridgehead atoms. The van der Waals surface area contributed by atoms with Crippen molar-refractivity contribution in [2.45, 2.75) is 6.61 Å². The van der Waals surface area contributed by atoms with Crippen molar-refractivity contribution < 1.29 is 4.74 Å². The van der Waals surface area contributed by atoms with Gasteiger partial charge in [0.1, 0.15) is 18.1 Å². The van der Waals surface area contributed by atoms with Crippen molar-refractivity contribution in [1.82, 2.24) is 9.59 Å². The number of anilines is 1. The van der Waals surface area contributed by atoms with Gasteiger partial charge in [-0.25, -0.2) is 5.84 Å². The monoisotopic (exact) mass is 247 g/mol. The fourth-order valence-corrected chi connectivity index (χ4v) is 1.70. The number of rotatable bonds is 4. The second-order valence-electron chi connectivity index (χ2n) is 3.12. The Morgan fingerprint density at radius 3 is 3.18 bits per heavy atom. The summed E-state index contributed by atoms with van der Waals surface area (Å²) >= 11 is 1.16. The van der Waals surface area contributed by atoms with E-state index in [2.05, 4.69) is 15.0 Å². The molecule has 0 radical (unpaired) electrons. The number of nitrogen functional groups attached to an aromatic ring is 1. The van der Waals surface area contributed by atoms with Crippen LogP contribution >= 0.6 is 11.5 Å². The third kappa shape index (κ3) is 2.69. The molecule has 7 heteroatoms. The fraction of sp³-hybridized carbons (Fsp3) is 0.100. The highest BCUT2D eigenvalue weighted by molar-refractivity contribution is 7.10. The van der Waals surface area contributed by atoms with Crippen molar-refractivity contribution in [2.24, 2.45) is 5.84 Å². The molecule has 1 aromatic heterocycles. The zero-order chi connectivity index (χ0) is 12.1. The van der Waals surface area contributed by atoms with Gasteiger partial charge >= 0.3 is 0 Å². The van der Waals surface area contributed by atoms with E-state index >= 15 is 0 Å². The van der Waals surface area contributed by atoms with Crippen molar-refractivity contribution in [3.05, 3.63) is 35.5 Å². The third-order valence-corrected chi connectivity index (χ3v) is 2.72. The summed E-state index contributed by atoms with van der Waals surface area (Å²) in [6.45, 7) is 0.255. The van der Waals surface area contributed by atoms with Crippen LogP contribution in [-0.4, -0.2) is 9.59 Å². The topological polar surface area (TPSA) is 96.8 Å². The lowest BCUT2D eigenvalue weighted by Crippen LogP contribution is -2.08. The fourth-order valence-electron chi connectivity index (χ4n) is 1.22. The maximum atomic E-state index is 8.74. The molecule has 86 valence electrons. The van der Waals surface area contributed by atoms with Crippen LogP contribution in [0.15, 0.2) is 24.3 Å². The lowest BCUT2D eigenvalue weighted by atomic mass is 10.2. The van der Waals surface area contributed by atoms with Crippen molar-refractivity contribution in [2.75, 3.05) is 5.43 Å². The smallest absolute Gasteiger partial charge is 0.150 e. The number of ether oxygens (including phenoxy) is 1. The van der Waals surface area contributed by atoms with E-state index in [1.807, 2.05) is 6.07 Å². The minimum atomic E-state index is 0.255. The summed E-state index contributed by atoms with van der Waals surface area (Å²) < 4.78 is 9.25. The second-order valence-corrected chi connectivity index (χ2v) is 3.88. The number of hydrogen-bond donors (Lipinski definition) is 2. The molecule has 1 heterocycles. The molecule has 0 atom stereocenters. The first kappa shape index (κ1) is 11.3. The Morgan fingerprint density at radius 1 is 1.53 bits per heavy atom. The number of nitriles is 1. The second kappa shape index (κ2) is 5.25. The van der Waals surface area contributed by atoms with E-state index in [1.165, 1.54) is 0 Å². The number of nitrogens with two attached hydrogens (primary N) is 1. The standard InChI is InChI=1S/C10H9N5OS/c11-5-7-2-1-3-8(4-7)16-6-9-10(13-12)17-15-14-9/h1-4,13H,6,12H2. The van der Waals surface area contributed by atoms with Gasteiger partial charge in [-0.3, -0.25) is 0 Å². The van der Waals surface area contributed by atoms with Crippen LogP contribution in [-0.2, 0) is 6.61 Å². The van der Waals surface area contributed by atoms with Gasteiger partial charge in [-0.1, -0.05) is 10.6 Å². The van der Waals surface area contributed by atoms with Crippen molar-refractivity contribution in [1.29, 1.82) is 5.26 Å². The number of nitrogens with zero attached hydrogens (tertiary/aromatic N) is 3. The number of hydrazine groups is 1. The van der Waals surface area contributed by atoms with Gasteiger partial charge in [-0.2, -0.15) is 5.26 Å². The Bertz CT molecular complexity index is 548. The van der Waals surface area contributed by atoms with E-state index in [-0.39, 0.29) is 6.61 Å². The quantitative estimate of drug-likeness (QED) is 0.624. The first-order valence-corrected chi connectivity index (χ1v) is 5.51. The molecule has 0 saturated heterocycles. The first-order chi connectivity index (χ1) is 8.33. The van der Waals surface area contributed by atoms with Gasteiger partial charge in [-0.05, 0) is 18.2 Å². The molecule has 0 aliphatic rings. The lowest BCUT2D eigenvalue weighted by molar-refractivity contribution is 0.301. The van der Waals surface area contributed by atoms with E-state index in [4.69, 9.17) is 15.8 Å². The lowest BCUT2D eigenvalue weighted by Gasteiger charge is -2.05. The Morgan fingerprint density at radius 2 is 2.41 bits per heavy atom. The SMILES string of the molecule is N#Cc1cccc(OCc2nnsc2NN)c1. The Balaban J connectivity index is 2.05. The molecule has 0 unspecified atom stereocenters. The molecule has 17 heavy (non-hydrogen) atoms. The van der Waals surface area contributed by atoms with E-state index in [0.717, 1.165) is 11.5 Å². The normalized spacial score (nSPS) is 9.65. The molecule has 0 aliphatic carbocycles. The molecule has 2 aromatic rings. The molecule has 0 amide bonds. The predicted molar refractivity (Wildman–Crippen MR) is 63.2 cm³/mol. The largest absolute Gasteiger partial charge is 0.487 e. The van der Waals surface area contributed by atoms with Crippen LogP contribution in [0.4, 0.5) is 5.00 Å². The van der Waals surface area contributed by atoms with E-state index in [9.17, 15) is 0 Å². The zero-order valence-electron chi connectivity index (χ0n) is 8.75. The van der Waals surface area contributed by atoms with Crippen LogP contribution in [0.25, 0.3) is 0 Å². The zero-order valence-corrected chi connectivity index (χ0v) is 9.57. The molecule has 0 spiro atoms. The van der Waals surface area contributed by atoms with E-state index < -0.39 is 0 Å². The van der Waals surface area contributed by atoms with Crippen LogP contribution in [0, 0.1) is 11.3 Å². The minimum Gasteiger partial charge on any atom is -0.487 e. The molecular weight excluding hydrogens is 238 g/mol. The van der Waals surface area contributed by atoms with Crippen LogP contribution in [0.1, 0.15) is 11.3 Å². The van der Waals surface area contributed by atoms with Crippen LogP contribution < -0.4 is 16.0 Å². The van der Waals surface area contributed by atoms with Gasteiger partial charge in [0.05, 0.1) is 11.6 Å². The first-order valence-electron chi connectivity index (χ1n) is 4.74. The summed E-state index contributed by atoms with van der Waals surface area (Å²) in [6.07, 6.45) is 0. The maximum Gasteiger partial charge on any atom is 0.150 e. The molecule has 2 rings (SSSR count). The van der Waals surface area contributed by atoms with Crippen molar-refractivity contribution >= 4 is 16.5 Å². The summed E-state index contributed by atoms with van der Waals surface area (Å²) in [5.74, 6) is 5.90. The molecule has 6 nitrogen and oxygen atoms in total. The van der Waals surface area contributed by atoms with Crippen molar-refractivity contribution in [3.63, 3.8) is 0 Å². The van der Waals surface area contributed by atoms with Gasteiger partial charge in [0, 0.05) is 11.5 Å². The van der Waals surface area contributed by atoms with Gasteiger partial charge in [0.2, 0.25) is 0 Å². The highest BCUT2D eigenvalue weighted by Crippen LogP contribution is 2.19. The van der Waals surface area contributed by atoms with Crippen molar-refractivity contribution in [3.8, 4) is 11.8 Å². The third-order valence-electron chi connectivity index (χ3n) is 2.03. The minimum absolute atomic E-state index is 0.255. The summed E-state index contributed by atoms with van der Waals surface area (Å²) in [5.41, 5.74) is 3.69. The predicted octanol–water partition coefficient (Wildman–Crippen LogP) is 1.27. The number of benzene rings is 1. The summed E-state index contributed by atoms with van der Waals surface area (Å²) in [6, 6.07) is 8.95. The number of nitrogens with one attached hydrogen (secondary N) is 1. The molecular formula is C10H9N5OS. The summed E-state index contributed by atoms with van der Waals surface area (Å²) in [7, 11) is 0. The van der Waals surface area contributed by atoms with Crippen LogP contribution in [0.2, 0.25) is 0 Å². The van der Waals surface area contributed by atoms with Gasteiger partial charge in [-0.15, -0.1) is 5.10 Å². The van der Waals surface area contributed by atoms with Gasteiger partial charge in [0.15, 0.2) is 5.00 Å². The Labute approximate surface area is 102 Å². The summed E-state index contributed by atoms with van der Waals surface area (Å²) in [5, 5.41) is 13.3. The maximum absolute atomic E-state index is 8.74. The number of aromatic nitrogens is 2. The molecule has 3 N–H and O–H groups in total. The van der Waals surface area contributed by atoms with Gasteiger partial charge in [0.25, 0.3) is 0 Å². The average molecular weight is 247 g/mol. The number of hydrogen-bond acceptors (Lipinski definition) is 7. The molecule has 0 aliphatic heterocycles. The Hall–Kier alpha value is -2.17. The van der Waals surface area contributed by atoms with E-state index in [0.29, 0.717) is 22.0 Å².